The number of aromatic hydroxyl groups is 1. The van der Waals surface area contributed by atoms with Crippen molar-refractivity contribution >= 4 is 11.6 Å². The van der Waals surface area contributed by atoms with Gasteiger partial charge in [-0.15, -0.1) is 0 Å². The van der Waals surface area contributed by atoms with Gasteiger partial charge in [0, 0.05) is 11.8 Å². The lowest BCUT2D eigenvalue weighted by atomic mass is 9.83. The van der Waals surface area contributed by atoms with Crippen LogP contribution in [0.25, 0.3) is 0 Å². The number of methoxy groups -OCH3 is 3. The third-order valence-corrected chi connectivity index (χ3v) is 7.09. The van der Waals surface area contributed by atoms with Gasteiger partial charge in [-0.2, -0.15) is 0 Å². The quantitative estimate of drug-likeness (QED) is 0.446. The molecule has 0 aromatic heterocycles. The van der Waals surface area contributed by atoms with Gasteiger partial charge >= 0.3 is 0 Å². The van der Waals surface area contributed by atoms with Crippen molar-refractivity contribution in [3.63, 3.8) is 0 Å². The maximum atomic E-state index is 12.5. The van der Waals surface area contributed by atoms with Crippen molar-refractivity contribution in [2.75, 3.05) is 21.3 Å². The average molecular weight is 483 g/mol. The molecular formula is C29H38O6. The Morgan fingerprint density at radius 3 is 1.60 bits per heavy atom. The van der Waals surface area contributed by atoms with Crippen molar-refractivity contribution in [2.24, 2.45) is 11.8 Å². The number of ether oxygens (including phenoxy) is 3. The van der Waals surface area contributed by atoms with Crippen LogP contribution in [-0.4, -0.2) is 38.0 Å². The van der Waals surface area contributed by atoms with Crippen LogP contribution in [0.5, 0.6) is 23.0 Å². The summed E-state index contributed by atoms with van der Waals surface area (Å²) in [5.74, 6) is 2.50. The zero-order chi connectivity index (χ0) is 25.2. The minimum Gasteiger partial charge on any atom is -0.507 e. The largest absolute Gasteiger partial charge is 0.507 e. The molecule has 0 atom stereocenters. The molecule has 0 saturated heterocycles. The van der Waals surface area contributed by atoms with Crippen LogP contribution in [-0.2, 0) is 0 Å². The fourth-order valence-corrected chi connectivity index (χ4v) is 5.02. The SMILES string of the molecule is COc1ccc(O)c(C(=O)C2CCCCC2)c1.COc1ccc(OC)c(C(=O)C2CCCCC2)c1. The number of benzene rings is 2. The smallest absolute Gasteiger partial charge is 0.169 e. The Balaban J connectivity index is 0.000000196. The van der Waals surface area contributed by atoms with Gasteiger partial charge in [0.15, 0.2) is 11.6 Å². The van der Waals surface area contributed by atoms with Crippen molar-refractivity contribution in [1.82, 2.24) is 0 Å². The van der Waals surface area contributed by atoms with E-state index < -0.39 is 0 Å². The molecule has 190 valence electrons. The van der Waals surface area contributed by atoms with E-state index in [4.69, 9.17) is 14.2 Å². The van der Waals surface area contributed by atoms with Gasteiger partial charge in [-0.3, -0.25) is 9.59 Å². The number of rotatable bonds is 7. The van der Waals surface area contributed by atoms with Gasteiger partial charge in [0.25, 0.3) is 0 Å². The molecule has 6 nitrogen and oxygen atoms in total. The Morgan fingerprint density at radius 1 is 0.657 bits per heavy atom. The molecule has 2 aromatic carbocycles. The topological polar surface area (TPSA) is 82.1 Å². The predicted molar refractivity (Wildman–Crippen MR) is 136 cm³/mol. The lowest BCUT2D eigenvalue weighted by molar-refractivity contribution is 0.0878. The summed E-state index contributed by atoms with van der Waals surface area (Å²) in [6.45, 7) is 0. The molecule has 2 aromatic rings. The van der Waals surface area contributed by atoms with E-state index in [1.807, 2.05) is 6.07 Å². The van der Waals surface area contributed by atoms with Gasteiger partial charge in [0.1, 0.15) is 23.0 Å². The zero-order valence-corrected chi connectivity index (χ0v) is 21.2. The molecule has 4 rings (SSSR count). The van der Waals surface area contributed by atoms with Crippen LogP contribution < -0.4 is 14.2 Å². The second-order valence-corrected chi connectivity index (χ2v) is 9.35. The van der Waals surface area contributed by atoms with E-state index in [9.17, 15) is 14.7 Å². The molecule has 1 N–H and O–H groups in total. The van der Waals surface area contributed by atoms with Crippen molar-refractivity contribution in [1.29, 1.82) is 0 Å². The number of phenolic OH excluding ortho intramolecular Hbond substituents is 1. The molecule has 0 radical (unpaired) electrons. The molecule has 2 aliphatic carbocycles. The third kappa shape index (κ3) is 7.00. The highest BCUT2D eigenvalue weighted by atomic mass is 16.5. The van der Waals surface area contributed by atoms with Crippen molar-refractivity contribution in [3.8, 4) is 23.0 Å². The van der Waals surface area contributed by atoms with E-state index in [0.29, 0.717) is 28.4 Å². The highest BCUT2D eigenvalue weighted by Crippen LogP contribution is 2.33. The molecular weight excluding hydrogens is 444 g/mol. The van der Waals surface area contributed by atoms with E-state index in [-0.39, 0.29) is 29.2 Å². The van der Waals surface area contributed by atoms with Crippen LogP contribution in [0, 0.1) is 11.8 Å². The van der Waals surface area contributed by atoms with Crippen LogP contribution >= 0.6 is 0 Å². The first-order valence-electron chi connectivity index (χ1n) is 12.7. The summed E-state index contributed by atoms with van der Waals surface area (Å²) < 4.78 is 15.5. The Hall–Kier alpha value is -3.02. The molecule has 0 amide bonds. The normalized spacial score (nSPS) is 16.5. The summed E-state index contributed by atoms with van der Waals surface area (Å²) in [6.07, 6.45) is 10.9. The van der Waals surface area contributed by atoms with E-state index in [2.05, 4.69) is 0 Å². The highest BCUT2D eigenvalue weighted by Gasteiger charge is 2.26. The Kier molecular flexibility index (Phi) is 10.0. The number of ketones is 2. The molecule has 2 saturated carbocycles. The molecule has 35 heavy (non-hydrogen) atoms. The molecule has 0 spiro atoms. The molecule has 0 unspecified atom stereocenters. The van der Waals surface area contributed by atoms with Crippen molar-refractivity contribution in [2.45, 2.75) is 64.2 Å². The van der Waals surface area contributed by atoms with Gasteiger partial charge in [-0.05, 0) is 62.1 Å². The second-order valence-electron chi connectivity index (χ2n) is 9.35. The summed E-state index contributed by atoms with van der Waals surface area (Å²) in [7, 11) is 4.76. The van der Waals surface area contributed by atoms with Crippen LogP contribution in [0.15, 0.2) is 36.4 Å². The second kappa shape index (κ2) is 13.2. The number of hydrogen-bond donors (Lipinski definition) is 1. The standard InChI is InChI=1S/C15H20O3.C14H18O3/c1-17-12-8-9-14(18-2)13(10-12)15(16)11-6-4-3-5-7-11;1-17-11-7-8-13(15)12(9-11)14(16)10-5-3-2-4-6-10/h8-11H,3-7H2,1-2H3;7-10,15H,2-6H2,1H3. The fraction of sp³-hybridized carbons (Fsp3) is 0.517. The van der Waals surface area contributed by atoms with E-state index >= 15 is 0 Å². The monoisotopic (exact) mass is 482 g/mol. The van der Waals surface area contributed by atoms with Crippen LogP contribution in [0.3, 0.4) is 0 Å². The Labute approximate surface area is 208 Å². The molecule has 2 aliphatic rings. The minimum atomic E-state index is 0.0566. The lowest BCUT2D eigenvalue weighted by Crippen LogP contribution is -2.18. The van der Waals surface area contributed by atoms with Gasteiger partial charge in [-0.25, -0.2) is 0 Å². The molecule has 0 heterocycles. The first-order valence-corrected chi connectivity index (χ1v) is 12.7. The zero-order valence-electron chi connectivity index (χ0n) is 21.2. The Morgan fingerprint density at radius 2 is 1.11 bits per heavy atom. The van der Waals surface area contributed by atoms with Crippen LogP contribution in [0.4, 0.5) is 0 Å². The van der Waals surface area contributed by atoms with Crippen molar-refractivity contribution in [3.05, 3.63) is 47.5 Å². The summed E-state index contributed by atoms with van der Waals surface area (Å²) in [4.78, 5) is 24.8. The summed E-state index contributed by atoms with van der Waals surface area (Å²) in [5, 5.41) is 9.76. The van der Waals surface area contributed by atoms with Gasteiger partial charge in [-0.1, -0.05) is 38.5 Å². The molecule has 6 heteroatoms. The van der Waals surface area contributed by atoms with Crippen molar-refractivity contribution < 1.29 is 28.9 Å². The van der Waals surface area contributed by atoms with Gasteiger partial charge in [0.2, 0.25) is 0 Å². The maximum absolute atomic E-state index is 12.5. The molecule has 0 aliphatic heterocycles. The third-order valence-electron chi connectivity index (χ3n) is 7.09. The summed E-state index contributed by atoms with van der Waals surface area (Å²) in [5.41, 5.74) is 1.06. The first kappa shape index (κ1) is 26.6. The predicted octanol–water partition coefficient (Wildman–Crippen LogP) is 6.63. The maximum Gasteiger partial charge on any atom is 0.169 e. The fourth-order valence-electron chi connectivity index (χ4n) is 5.02. The van der Waals surface area contributed by atoms with Gasteiger partial charge < -0.3 is 19.3 Å². The van der Waals surface area contributed by atoms with Gasteiger partial charge in [0.05, 0.1) is 32.5 Å². The minimum absolute atomic E-state index is 0.0566. The van der Waals surface area contributed by atoms with E-state index in [1.54, 1.807) is 45.6 Å². The molecule has 2 fully saturated rings. The summed E-state index contributed by atoms with van der Waals surface area (Å²) >= 11 is 0. The lowest BCUT2D eigenvalue weighted by Gasteiger charge is -2.21. The molecule has 0 bridgehead atoms. The van der Waals surface area contributed by atoms with E-state index in [0.717, 1.165) is 51.4 Å². The van der Waals surface area contributed by atoms with Crippen LogP contribution in [0.1, 0.15) is 84.9 Å². The number of Topliss-reactive ketones (excluding diaryl/α,β-unsaturated/α-hetero) is 2. The highest BCUT2D eigenvalue weighted by molar-refractivity contribution is 6.01. The number of hydrogen-bond acceptors (Lipinski definition) is 6. The van der Waals surface area contributed by atoms with Crippen LogP contribution in [0.2, 0.25) is 0 Å². The number of carbonyl (C=O) groups excluding carboxylic acids is 2. The first-order chi connectivity index (χ1) is 17.0. The summed E-state index contributed by atoms with van der Waals surface area (Å²) in [6, 6.07) is 10.2. The average Bonchev–Trinajstić information content (AvgIpc) is 2.93. The Bertz CT molecular complexity index is 987. The van der Waals surface area contributed by atoms with E-state index in [1.165, 1.54) is 18.9 Å². The number of phenols is 1. The number of carbonyl (C=O) groups is 2.